The molecule has 12 nitrogen and oxygen atoms in total. The molecule has 0 saturated carbocycles. The number of ether oxygens (including phenoxy) is 1. The molecule has 19 heteroatoms. The van der Waals surface area contributed by atoms with E-state index < -0.39 is 76.5 Å². The van der Waals surface area contributed by atoms with Crippen molar-refractivity contribution < 1.29 is 64.3 Å². The summed E-state index contributed by atoms with van der Waals surface area (Å²) < 4.78 is 101. The first-order valence-electron chi connectivity index (χ1n) is 16.1. The van der Waals surface area contributed by atoms with Crippen LogP contribution in [-0.4, -0.2) is 102 Å². The van der Waals surface area contributed by atoms with Crippen LogP contribution >= 0.6 is 0 Å². The molecular formula is C33H34F7N5O7. The molecule has 52 heavy (non-hydrogen) atoms. The minimum atomic E-state index is -5.73. The fourth-order valence-corrected chi connectivity index (χ4v) is 6.28. The number of benzene rings is 2. The van der Waals surface area contributed by atoms with E-state index in [1.165, 1.54) is 25.8 Å². The molecule has 2 aromatic rings. The van der Waals surface area contributed by atoms with E-state index in [4.69, 9.17) is 4.74 Å². The fourth-order valence-electron chi connectivity index (χ4n) is 6.28. The Kier molecular flexibility index (Phi) is 10.5. The molecule has 3 saturated heterocycles. The molecule has 0 unspecified atom stereocenters. The van der Waals surface area contributed by atoms with E-state index in [0.29, 0.717) is 30.0 Å². The summed E-state index contributed by atoms with van der Waals surface area (Å²) in [6.07, 6.45) is -11.2. The van der Waals surface area contributed by atoms with Crippen LogP contribution in [0.5, 0.6) is 5.75 Å². The number of alkyl halides is 6. The van der Waals surface area contributed by atoms with Crippen LogP contribution in [-0.2, 0) is 25.4 Å². The molecule has 1 N–H and O–H groups in total. The van der Waals surface area contributed by atoms with E-state index in [-0.39, 0.29) is 43.1 Å². The van der Waals surface area contributed by atoms with Gasteiger partial charge in [-0.05, 0) is 61.2 Å². The van der Waals surface area contributed by atoms with Gasteiger partial charge in [-0.2, -0.15) is 31.4 Å². The maximum atomic E-state index is 14.8. The van der Waals surface area contributed by atoms with Crippen molar-refractivity contribution in [3.63, 3.8) is 0 Å². The molecule has 1 atom stereocenters. The first-order valence-corrected chi connectivity index (χ1v) is 16.1. The molecule has 3 fully saturated rings. The Bertz CT molecular complexity index is 1720. The largest absolute Gasteiger partial charge is 0.493 e. The van der Waals surface area contributed by atoms with Crippen LogP contribution in [0, 0.1) is 17.7 Å². The predicted molar refractivity (Wildman–Crippen MR) is 166 cm³/mol. The second-order valence-electron chi connectivity index (χ2n) is 13.1. The standard InChI is InChI=1S/C33H34F7N5O7/c1-18(2)25(45(52-29(49)33(38,39)40)26(46)23-14-20(32(35,36)37)4-9-24(23)34)27(47)43-12-10-31(11-13-43)28(48)42(3)30(50)44(31)21-5-7-22(8-6-21)51-17-19-15-41-16-19/h4-9,14,18-19,25,41H,10-13,15-17H2,1-3H3/t25-/m1/s1. The number of hydroxylamine groups is 2. The summed E-state index contributed by atoms with van der Waals surface area (Å²) in [7, 11) is 1.29. The summed E-state index contributed by atoms with van der Waals surface area (Å²) in [4.78, 5) is 73.9. The molecule has 5 amide bonds. The second kappa shape index (κ2) is 14.2. The molecule has 282 valence electrons. The molecule has 5 rings (SSSR count). The van der Waals surface area contributed by atoms with Gasteiger partial charge in [0.25, 0.3) is 11.8 Å². The van der Waals surface area contributed by atoms with Gasteiger partial charge in [0.15, 0.2) is 6.04 Å². The minimum absolute atomic E-state index is 0.0247. The Labute approximate surface area is 292 Å². The SMILES string of the molecule is CC(C)[C@H](C(=O)N1CCC2(CC1)C(=O)N(C)C(=O)N2c1ccc(OCC2CNC2)cc1)N(OC(=O)C(F)(F)F)C(=O)c1cc(C(F)(F)F)ccc1F. The van der Waals surface area contributed by atoms with Crippen molar-refractivity contribution in [2.24, 2.45) is 11.8 Å². The van der Waals surface area contributed by atoms with E-state index in [1.807, 2.05) is 0 Å². The Morgan fingerprint density at radius 3 is 2.12 bits per heavy atom. The maximum Gasteiger partial charge on any atom is 0.493 e. The highest BCUT2D eigenvalue weighted by atomic mass is 19.4. The molecule has 3 aliphatic heterocycles. The number of likely N-dealkylation sites (tertiary alicyclic amines) is 1. The maximum absolute atomic E-state index is 14.8. The zero-order valence-corrected chi connectivity index (χ0v) is 28.0. The van der Waals surface area contributed by atoms with Crippen molar-refractivity contribution in [1.29, 1.82) is 0 Å². The van der Waals surface area contributed by atoms with Gasteiger partial charge in [-0.1, -0.05) is 13.8 Å². The number of nitrogens with zero attached hydrogens (tertiary/aromatic N) is 4. The summed E-state index contributed by atoms with van der Waals surface area (Å²) in [6, 6.07) is 4.29. The number of imide groups is 1. The molecule has 1 spiro atoms. The number of carbonyl (C=O) groups is 5. The quantitative estimate of drug-likeness (QED) is 0.240. The summed E-state index contributed by atoms with van der Waals surface area (Å²) in [6.45, 7) is 4.06. The van der Waals surface area contributed by atoms with Crippen molar-refractivity contribution in [2.75, 3.05) is 44.7 Å². The number of nitrogens with one attached hydrogen (secondary N) is 1. The van der Waals surface area contributed by atoms with Gasteiger partial charge in [-0.25, -0.2) is 14.0 Å². The summed E-state index contributed by atoms with van der Waals surface area (Å²) in [5.74, 6) is -8.49. The van der Waals surface area contributed by atoms with Gasteiger partial charge in [0.05, 0.1) is 17.7 Å². The molecule has 0 aromatic heterocycles. The third-order valence-electron chi connectivity index (χ3n) is 9.23. The number of amides is 5. The number of piperidine rings is 1. The molecule has 0 aliphatic carbocycles. The smallest absolute Gasteiger partial charge is 0.493 e. The van der Waals surface area contributed by atoms with Gasteiger partial charge >= 0.3 is 24.4 Å². The molecule has 2 aromatic carbocycles. The molecular weight excluding hydrogens is 711 g/mol. The van der Waals surface area contributed by atoms with Crippen molar-refractivity contribution >= 4 is 35.4 Å². The van der Waals surface area contributed by atoms with Crippen LogP contribution in [0.4, 0.5) is 41.2 Å². The molecule has 0 radical (unpaired) electrons. The number of hydrogen-bond acceptors (Lipinski definition) is 8. The third kappa shape index (κ3) is 7.35. The van der Waals surface area contributed by atoms with E-state index in [2.05, 4.69) is 10.2 Å². The van der Waals surface area contributed by atoms with Crippen LogP contribution in [0.1, 0.15) is 42.6 Å². The van der Waals surface area contributed by atoms with E-state index in [1.54, 1.807) is 24.3 Å². The van der Waals surface area contributed by atoms with Crippen molar-refractivity contribution in [2.45, 2.75) is 50.6 Å². The van der Waals surface area contributed by atoms with E-state index in [9.17, 15) is 54.7 Å². The van der Waals surface area contributed by atoms with Crippen LogP contribution in [0.3, 0.4) is 0 Å². The van der Waals surface area contributed by atoms with Crippen LogP contribution in [0.15, 0.2) is 42.5 Å². The lowest BCUT2D eigenvalue weighted by atomic mass is 9.85. The molecule has 3 heterocycles. The topological polar surface area (TPSA) is 129 Å². The number of hydrogen-bond donors (Lipinski definition) is 1. The van der Waals surface area contributed by atoms with Gasteiger partial charge in [0, 0.05) is 44.8 Å². The Hall–Kier alpha value is -4.94. The van der Waals surface area contributed by atoms with Gasteiger partial charge in [-0.3, -0.25) is 24.2 Å². The van der Waals surface area contributed by atoms with Gasteiger partial charge in [-0.15, -0.1) is 0 Å². The molecule has 0 bridgehead atoms. The van der Waals surface area contributed by atoms with E-state index >= 15 is 0 Å². The van der Waals surface area contributed by atoms with Gasteiger partial charge in [0.2, 0.25) is 5.91 Å². The van der Waals surface area contributed by atoms with Crippen molar-refractivity contribution in [3.8, 4) is 5.75 Å². The Morgan fingerprint density at radius 2 is 1.60 bits per heavy atom. The normalized spacial score (nSPS) is 18.5. The number of rotatable bonds is 8. The van der Waals surface area contributed by atoms with Crippen LogP contribution in [0.25, 0.3) is 0 Å². The average molecular weight is 746 g/mol. The number of likely N-dealkylation sites (N-methyl/N-ethyl adjacent to an activating group) is 1. The zero-order chi connectivity index (χ0) is 38.3. The van der Waals surface area contributed by atoms with E-state index in [0.717, 1.165) is 22.9 Å². The number of urea groups is 1. The van der Waals surface area contributed by atoms with Crippen molar-refractivity contribution in [1.82, 2.24) is 20.2 Å². The van der Waals surface area contributed by atoms with Crippen molar-refractivity contribution in [3.05, 3.63) is 59.4 Å². The third-order valence-corrected chi connectivity index (χ3v) is 9.23. The zero-order valence-electron chi connectivity index (χ0n) is 28.0. The lowest BCUT2D eigenvalue weighted by molar-refractivity contribution is -0.236. The number of anilines is 1. The number of carbonyl (C=O) groups excluding carboxylic acids is 5. The first kappa shape index (κ1) is 38.3. The summed E-state index contributed by atoms with van der Waals surface area (Å²) in [5.41, 5.74) is -4.09. The predicted octanol–water partition coefficient (Wildman–Crippen LogP) is 4.39. The summed E-state index contributed by atoms with van der Waals surface area (Å²) >= 11 is 0. The highest BCUT2D eigenvalue weighted by Gasteiger charge is 2.58. The van der Waals surface area contributed by atoms with Crippen LogP contribution < -0.4 is 15.0 Å². The number of halogens is 7. The molecule has 3 aliphatic rings. The highest BCUT2D eigenvalue weighted by Crippen LogP contribution is 2.41. The average Bonchev–Trinajstić information content (AvgIpc) is 3.23. The summed E-state index contributed by atoms with van der Waals surface area (Å²) in [5, 5.41) is 2.78. The van der Waals surface area contributed by atoms with Gasteiger partial charge in [0.1, 0.15) is 17.1 Å². The lowest BCUT2D eigenvalue weighted by Crippen LogP contribution is -2.61. The minimum Gasteiger partial charge on any atom is -0.493 e. The monoisotopic (exact) mass is 745 g/mol. The highest BCUT2D eigenvalue weighted by molar-refractivity contribution is 6.16. The Morgan fingerprint density at radius 1 is 0.981 bits per heavy atom. The van der Waals surface area contributed by atoms with Gasteiger partial charge < -0.3 is 19.8 Å². The second-order valence-corrected chi connectivity index (χ2v) is 13.1. The van der Waals surface area contributed by atoms with Crippen LogP contribution in [0.2, 0.25) is 0 Å². The fraction of sp³-hybridized carbons (Fsp3) is 0.485. The first-order chi connectivity index (χ1) is 24.3. The Balaban J connectivity index is 1.41. The lowest BCUT2D eigenvalue weighted by Gasteiger charge is -2.44.